The summed E-state index contributed by atoms with van der Waals surface area (Å²) < 4.78 is 39.0. The molecule has 0 aliphatic carbocycles. The molecule has 0 bridgehead atoms. The molecule has 0 amide bonds. The lowest BCUT2D eigenvalue weighted by Crippen LogP contribution is -1.84. The Morgan fingerprint density at radius 2 is 2.00 bits per heavy atom. The third kappa shape index (κ3) is 1.52. The third-order valence-corrected chi connectivity index (χ3v) is 4.35. The maximum Gasteiger partial charge on any atom is 0.265 e. The van der Waals surface area contributed by atoms with Crippen molar-refractivity contribution in [1.82, 2.24) is 0 Å². The van der Waals surface area contributed by atoms with Crippen molar-refractivity contribution in [1.29, 1.82) is 0 Å². The van der Waals surface area contributed by atoms with E-state index in [9.17, 15) is 13.2 Å². The van der Waals surface area contributed by atoms with Gasteiger partial charge in [0.25, 0.3) is 6.43 Å². The van der Waals surface area contributed by atoms with Crippen molar-refractivity contribution in [2.45, 2.75) is 6.43 Å². The van der Waals surface area contributed by atoms with Crippen LogP contribution in [0.3, 0.4) is 0 Å². The first-order valence-electron chi connectivity index (χ1n) is 3.74. The predicted octanol–water partition coefficient (Wildman–Crippen LogP) is 4.58. The lowest BCUT2D eigenvalue weighted by atomic mass is 10.2. The topological polar surface area (TPSA) is 0 Å². The Morgan fingerprint density at radius 1 is 1.29 bits per heavy atom. The van der Waals surface area contributed by atoms with Crippen LogP contribution in [0.15, 0.2) is 17.5 Å². The number of benzene rings is 1. The van der Waals surface area contributed by atoms with Gasteiger partial charge in [0.05, 0.1) is 8.27 Å². The summed E-state index contributed by atoms with van der Waals surface area (Å²) in [7, 11) is 0. The zero-order chi connectivity index (χ0) is 10.3. The largest absolute Gasteiger partial charge is 0.265 e. The number of alkyl halides is 2. The minimum absolute atomic E-state index is 0.0112. The molecular weight excluding hydrogens is 324 g/mol. The summed E-state index contributed by atoms with van der Waals surface area (Å²) in [6.45, 7) is 0. The minimum Gasteiger partial charge on any atom is -0.206 e. The lowest BCUT2D eigenvalue weighted by Gasteiger charge is -1.98. The van der Waals surface area contributed by atoms with Gasteiger partial charge in [0.15, 0.2) is 0 Å². The average molecular weight is 328 g/mol. The third-order valence-electron chi connectivity index (χ3n) is 1.90. The maximum absolute atomic E-state index is 13.1. The average Bonchev–Trinajstić information content (AvgIpc) is 2.55. The second-order valence-corrected chi connectivity index (χ2v) is 4.69. The Morgan fingerprint density at radius 3 is 2.64 bits per heavy atom. The number of halogens is 4. The Balaban J connectivity index is 2.77. The van der Waals surface area contributed by atoms with E-state index >= 15 is 0 Å². The van der Waals surface area contributed by atoms with Gasteiger partial charge in [0.2, 0.25) is 0 Å². The number of hydrogen-bond donors (Lipinski definition) is 0. The highest BCUT2D eigenvalue weighted by Crippen LogP contribution is 2.36. The van der Waals surface area contributed by atoms with Crippen LogP contribution < -0.4 is 0 Å². The number of fused-ring (bicyclic) bond motifs is 1. The molecule has 0 nitrogen and oxygen atoms in total. The number of thiophene rings is 1. The molecule has 0 radical (unpaired) electrons. The van der Waals surface area contributed by atoms with Crippen molar-refractivity contribution in [2.75, 3.05) is 0 Å². The fourth-order valence-electron chi connectivity index (χ4n) is 1.23. The van der Waals surface area contributed by atoms with Crippen molar-refractivity contribution in [3.8, 4) is 0 Å². The van der Waals surface area contributed by atoms with E-state index in [1.165, 1.54) is 17.5 Å². The summed E-state index contributed by atoms with van der Waals surface area (Å²) in [5.41, 5.74) is -0.0112. The Kier molecular flexibility index (Phi) is 2.70. The zero-order valence-electron chi connectivity index (χ0n) is 6.73. The molecule has 0 fully saturated rings. The second kappa shape index (κ2) is 3.69. The van der Waals surface area contributed by atoms with Gasteiger partial charge in [0, 0.05) is 16.3 Å². The molecule has 0 saturated heterocycles. The summed E-state index contributed by atoms with van der Waals surface area (Å²) in [5.74, 6) is -0.360. The van der Waals surface area contributed by atoms with Crippen molar-refractivity contribution >= 4 is 44.0 Å². The highest BCUT2D eigenvalue weighted by molar-refractivity contribution is 14.1. The summed E-state index contributed by atoms with van der Waals surface area (Å²) in [5, 5.41) is 1.84. The van der Waals surface area contributed by atoms with Crippen molar-refractivity contribution in [2.24, 2.45) is 0 Å². The first kappa shape index (κ1) is 10.2. The molecule has 14 heavy (non-hydrogen) atoms. The maximum atomic E-state index is 13.1. The van der Waals surface area contributed by atoms with E-state index in [1.807, 2.05) is 22.6 Å². The first-order valence-corrected chi connectivity index (χ1v) is 5.70. The molecule has 0 atom stereocenters. The van der Waals surface area contributed by atoms with Gasteiger partial charge >= 0.3 is 0 Å². The molecule has 0 aliphatic rings. The number of rotatable bonds is 1. The zero-order valence-corrected chi connectivity index (χ0v) is 9.70. The molecule has 2 rings (SSSR count). The van der Waals surface area contributed by atoms with Gasteiger partial charge in [-0.15, -0.1) is 11.3 Å². The van der Waals surface area contributed by atoms with E-state index in [0.717, 1.165) is 11.3 Å². The van der Waals surface area contributed by atoms with Gasteiger partial charge in [0.1, 0.15) is 5.82 Å². The first-order chi connectivity index (χ1) is 6.61. The molecule has 0 spiro atoms. The van der Waals surface area contributed by atoms with E-state index in [4.69, 9.17) is 0 Å². The van der Waals surface area contributed by atoms with Crippen LogP contribution in [-0.4, -0.2) is 0 Å². The van der Waals surface area contributed by atoms with Crippen LogP contribution in [0.2, 0.25) is 0 Å². The van der Waals surface area contributed by atoms with Gasteiger partial charge in [-0.25, -0.2) is 13.2 Å². The van der Waals surface area contributed by atoms with E-state index in [1.54, 1.807) is 0 Å². The molecule has 1 heterocycles. The van der Waals surface area contributed by atoms with E-state index in [2.05, 4.69) is 0 Å². The van der Waals surface area contributed by atoms with E-state index in [-0.39, 0.29) is 11.4 Å². The predicted molar refractivity (Wildman–Crippen MR) is 59.5 cm³/mol. The van der Waals surface area contributed by atoms with E-state index < -0.39 is 6.43 Å². The summed E-state index contributed by atoms with van der Waals surface area (Å²) in [6, 6.07) is 2.63. The highest BCUT2D eigenvalue weighted by Gasteiger charge is 2.16. The summed E-state index contributed by atoms with van der Waals surface area (Å²) >= 11 is 2.99. The van der Waals surface area contributed by atoms with Crippen LogP contribution in [0.25, 0.3) is 10.1 Å². The molecule has 0 aliphatic heterocycles. The summed E-state index contributed by atoms with van der Waals surface area (Å²) in [4.78, 5) is 0. The Bertz CT molecular complexity index is 478. The fourth-order valence-corrected chi connectivity index (χ4v) is 3.07. The van der Waals surface area contributed by atoms with Crippen LogP contribution in [0, 0.1) is 9.39 Å². The van der Waals surface area contributed by atoms with Gasteiger partial charge in [-0.2, -0.15) is 0 Å². The molecule has 74 valence electrons. The van der Waals surface area contributed by atoms with E-state index in [0.29, 0.717) is 13.7 Å². The highest BCUT2D eigenvalue weighted by atomic mass is 127. The molecule has 2 aromatic rings. The minimum atomic E-state index is -2.50. The molecule has 1 aromatic heterocycles. The molecular formula is C9H4F3IS. The molecule has 0 saturated carbocycles. The number of hydrogen-bond acceptors (Lipinski definition) is 1. The van der Waals surface area contributed by atoms with Gasteiger partial charge in [-0.05, 0) is 28.7 Å². The van der Waals surface area contributed by atoms with Crippen molar-refractivity contribution in [3.63, 3.8) is 0 Å². The van der Waals surface area contributed by atoms with Gasteiger partial charge in [-0.1, -0.05) is 6.07 Å². The SMILES string of the molecule is Fc1ccc2c(C(F)F)csc2c1I. The van der Waals surface area contributed by atoms with Crippen LogP contribution in [0.5, 0.6) is 0 Å². The smallest absolute Gasteiger partial charge is 0.206 e. The van der Waals surface area contributed by atoms with Gasteiger partial charge < -0.3 is 0 Å². The monoisotopic (exact) mass is 328 g/mol. The molecule has 1 aromatic carbocycles. The Hall–Kier alpha value is -0.300. The lowest BCUT2D eigenvalue weighted by molar-refractivity contribution is 0.153. The van der Waals surface area contributed by atoms with Crippen LogP contribution in [0.1, 0.15) is 12.0 Å². The molecule has 0 N–H and O–H groups in total. The normalized spacial score (nSPS) is 11.5. The quantitative estimate of drug-likeness (QED) is 0.672. The van der Waals surface area contributed by atoms with Crippen LogP contribution >= 0.6 is 33.9 Å². The molecule has 5 heteroatoms. The second-order valence-electron chi connectivity index (χ2n) is 2.73. The molecule has 0 unspecified atom stereocenters. The summed E-state index contributed by atoms with van der Waals surface area (Å²) in [6.07, 6.45) is -2.50. The van der Waals surface area contributed by atoms with Crippen molar-refractivity contribution < 1.29 is 13.2 Å². The van der Waals surface area contributed by atoms with Gasteiger partial charge in [-0.3, -0.25) is 0 Å². The Labute approximate surface area is 95.9 Å². The van der Waals surface area contributed by atoms with Crippen molar-refractivity contribution in [3.05, 3.63) is 32.5 Å². The fraction of sp³-hybridized carbons (Fsp3) is 0.111. The van der Waals surface area contributed by atoms with Crippen LogP contribution in [-0.2, 0) is 0 Å². The van der Waals surface area contributed by atoms with Crippen LogP contribution in [0.4, 0.5) is 13.2 Å². The standard InChI is InChI=1S/C9H4F3IS/c10-6-2-1-4-5(9(11)12)3-14-8(4)7(6)13/h1-3,9H.